The normalized spacial score (nSPS) is 15.9. The zero-order valence-corrected chi connectivity index (χ0v) is 11.3. The molecule has 5 heteroatoms. The van der Waals surface area contributed by atoms with E-state index in [0.29, 0.717) is 11.4 Å². The zero-order valence-electron chi connectivity index (χ0n) is 11.3. The lowest BCUT2D eigenvalue weighted by atomic mass is 10.0. The second kappa shape index (κ2) is 4.74. The first-order valence-electron chi connectivity index (χ1n) is 6.63. The van der Waals surface area contributed by atoms with Crippen LogP contribution in [0.3, 0.4) is 0 Å². The molecule has 0 aliphatic heterocycles. The molecule has 1 saturated carbocycles. The van der Waals surface area contributed by atoms with Gasteiger partial charge in [0, 0.05) is 25.0 Å². The molecule has 1 aliphatic rings. The summed E-state index contributed by atoms with van der Waals surface area (Å²) >= 11 is 0. The first-order valence-corrected chi connectivity index (χ1v) is 6.63. The Kier molecular flexibility index (Phi) is 3.04. The summed E-state index contributed by atoms with van der Waals surface area (Å²) < 4.78 is 15.7. The predicted octanol–water partition coefficient (Wildman–Crippen LogP) is 1.91. The van der Waals surface area contributed by atoms with Crippen LogP contribution in [-0.2, 0) is 23.8 Å². The number of hydrogen-bond acceptors (Lipinski definition) is 2. The summed E-state index contributed by atoms with van der Waals surface area (Å²) in [6.07, 6.45) is 5.22. The summed E-state index contributed by atoms with van der Waals surface area (Å²) in [5.74, 6) is 0.314. The maximum absolute atomic E-state index is 13.8. The van der Waals surface area contributed by atoms with Crippen molar-refractivity contribution in [3.63, 3.8) is 0 Å². The lowest BCUT2D eigenvalue weighted by molar-refractivity contribution is -0.121. The highest BCUT2D eigenvalue weighted by Crippen LogP contribution is 2.46. The topological polar surface area (TPSA) is 46.9 Å². The van der Waals surface area contributed by atoms with Crippen LogP contribution in [0.15, 0.2) is 36.7 Å². The van der Waals surface area contributed by atoms with Gasteiger partial charge in [0.25, 0.3) is 0 Å². The molecule has 1 aromatic heterocycles. The summed E-state index contributed by atoms with van der Waals surface area (Å²) in [6, 6.07) is 6.62. The van der Waals surface area contributed by atoms with E-state index in [2.05, 4.69) is 10.3 Å². The van der Waals surface area contributed by atoms with Crippen molar-refractivity contribution in [2.45, 2.75) is 24.8 Å². The van der Waals surface area contributed by atoms with Crippen LogP contribution >= 0.6 is 0 Å². The molecule has 1 aliphatic carbocycles. The van der Waals surface area contributed by atoms with Gasteiger partial charge in [0.1, 0.15) is 11.6 Å². The van der Waals surface area contributed by atoms with Gasteiger partial charge in [0.2, 0.25) is 5.91 Å². The first kappa shape index (κ1) is 12.8. The molecule has 0 bridgehead atoms. The van der Waals surface area contributed by atoms with E-state index < -0.39 is 5.54 Å². The molecule has 1 aromatic carbocycles. The minimum absolute atomic E-state index is 0.125. The van der Waals surface area contributed by atoms with E-state index in [0.717, 1.165) is 12.8 Å². The molecule has 20 heavy (non-hydrogen) atoms. The zero-order chi connectivity index (χ0) is 14.2. The third kappa shape index (κ3) is 2.31. The predicted molar refractivity (Wildman–Crippen MR) is 72.4 cm³/mol. The Hall–Kier alpha value is -2.17. The highest BCUT2D eigenvalue weighted by molar-refractivity contribution is 5.79. The molecule has 0 spiro atoms. The van der Waals surface area contributed by atoms with E-state index >= 15 is 0 Å². The van der Waals surface area contributed by atoms with Crippen LogP contribution in [0.1, 0.15) is 24.2 Å². The van der Waals surface area contributed by atoms with E-state index in [1.165, 1.54) is 6.07 Å². The number of aryl methyl sites for hydroxylation is 1. The molecule has 2 aromatic rings. The van der Waals surface area contributed by atoms with Gasteiger partial charge in [-0.15, -0.1) is 0 Å². The summed E-state index contributed by atoms with van der Waals surface area (Å²) in [7, 11) is 1.85. The van der Waals surface area contributed by atoms with Gasteiger partial charge in [-0.05, 0) is 18.9 Å². The summed E-state index contributed by atoms with van der Waals surface area (Å²) in [5.41, 5.74) is 0.0568. The summed E-state index contributed by atoms with van der Waals surface area (Å²) in [6.45, 7) is 0. The third-order valence-electron chi connectivity index (χ3n) is 3.76. The first-order chi connectivity index (χ1) is 9.61. The number of carbonyl (C=O) groups excluding carboxylic acids is 1. The number of rotatable bonds is 4. The Morgan fingerprint density at radius 2 is 2.20 bits per heavy atom. The Labute approximate surface area is 116 Å². The molecular formula is C15H16FN3O. The van der Waals surface area contributed by atoms with E-state index in [4.69, 9.17) is 0 Å². The van der Waals surface area contributed by atoms with Gasteiger partial charge in [-0.1, -0.05) is 18.2 Å². The van der Waals surface area contributed by atoms with Crippen LogP contribution in [0.2, 0.25) is 0 Å². The molecule has 1 fully saturated rings. The molecule has 0 radical (unpaired) electrons. The van der Waals surface area contributed by atoms with Crippen molar-refractivity contribution in [1.29, 1.82) is 0 Å². The molecule has 1 N–H and O–H groups in total. The number of carbonyl (C=O) groups is 1. The van der Waals surface area contributed by atoms with E-state index in [1.807, 2.05) is 11.6 Å². The van der Waals surface area contributed by atoms with Crippen molar-refractivity contribution in [3.8, 4) is 0 Å². The number of nitrogens with one attached hydrogen (secondary N) is 1. The van der Waals surface area contributed by atoms with E-state index in [-0.39, 0.29) is 18.1 Å². The van der Waals surface area contributed by atoms with Gasteiger partial charge < -0.3 is 9.88 Å². The van der Waals surface area contributed by atoms with Crippen molar-refractivity contribution < 1.29 is 9.18 Å². The van der Waals surface area contributed by atoms with Gasteiger partial charge in [0.15, 0.2) is 0 Å². The third-order valence-corrected chi connectivity index (χ3v) is 3.76. The Balaban J connectivity index is 1.73. The highest BCUT2D eigenvalue weighted by Gasteiger charge is 2.47. The van der Waals surface area contributed by atoms with Crippen LogP contribution in [0.4, 0.5) is 4.39 Å². The van der Waals surface area contributed by atoms with Gasteiger partial charge in [-0.2, -0.15) is 0 Å². The second-order valence-corrected chi connectivity index (χ2v) is 5.24. The Bertz CT molecular complexity index is 646. The fourth-order valence-electron chi connectivity index (χ4n) is 2.46. The van der Waals surface area contributed by atoms with Gasteiger partial charge >= 0.3 is 0 Å². The summed E-state index contributed by atoms with van der Waals surface area (Å²) in [4.78, 5) is 16.2. The van der Waals surface area contributed by atoms with Crippen molar-refractivity contribution in [3.05, 3.63) is 53.9 Å². The number of hydrogen-bond donors (Lipinski definition) is 1. The van der Waals surface area contributed by atoms with Gasteiger partial charge in [-0.25, -0.2) is 9.37 Å². The number of nitrogens with zero attached hydrogens (tertiary/aromatic N) is 2. The molecule has 104 valence electrons. The van der Waals surface area contributed by atoms with Crippen LogP contribution in [0.5, 0.6) is 0 Å². The number of halogens is 1. The summed E-state index contributed by atoms with van der Waals surface area (Å²) in [5, 5.41) is 2.96. The molecule has 0 unspecified atom stereocenters. The maximum atomic E-state index is 13.8. The lowest BCUT2D eigenvalue weighted by Crippen LogP contribution is -2.36. The van der Waals surface area contributed by atoms with E-state index in [9.17, 15) is 9.18 Å². The lowest BCUT2D eigenvalue weighted by Gasteiger charge is -2.18. The van der Waals surface area contributed by atoms with Gasteiger partial charge in [0.05, 0.1) is 12.0 Å². The smallest absolute Gasteiger partial charge is 0.228 e. The van der Waals surface area contributed by atoms with Crippen molar-refractivity contribution in [2.75, 3.05) is 0 Å². The van der Waals surface area contributed by atoms with Crippen LogP contribution < -0.4 is 5.32 Å². The molecule has 0 saturated heterocycles. The molecule has 0 atom stereocenters. The fraction of sp³-hybridized carbons (Fsp3) is 0.333. The Morgan fingerprint density at radius 1 is 1.45 bits per heavy atom. The van der Waals surface area contributed by atoms with Crippen LogP contribution in [-0.4, -0.2) is 15.5 Å². The number of amides is 1. The van der Waals surface area contributed by atoms with E-state index in [1.54, 1.807) is 30.6 Å². The fourth-order valence-corrected chi connectivity index (χ4v) is 2.46. The quantitative estimate of drug-likeness (QED) is 0.925. The monoisotopic (exact) mass is 273 g/mol. The molecule has 4 nitrogen and oxygen atoms in total. The number of aromatic nitrogens is 2. The van der Waals surface area contributed by atoms with Crippen molar-refractivity contribution >= 4 is 5.91 Å². The minimum atomic E-state index is -0.520. The average Bonchev–Trinajstić information content (AvgIpc) is 3.08. The highest BCUT2D eigenvalue weighted by atomic mass is 19.1. The van der Waals surface area contributed by atoms with Crippen molar-refractivity contribution in [1.82, 2.24) is 14.9 Å². The van der Waals surface area contributed by atoms with Crippen LogP contribution in [0.25, 0.3) is 0 Å². The minimum Gasteiger partial charge on any atom is -0.346 e. The number of benzene rings is 1. The molecule has 1 heterocycles. The maximum Gasteiger partial charge on any atom is 0.228 e. The standard InChI is InChI=1S/C15H16FN3O/c1-19-9-8-17-13(19)10-14(20)18-15(6-7-15)11-4-2-3-5-12(11)16/h2-5,8-9H,6-7,10H2,1H3,(H,18,20). The van der Waals surface area contributed by atoms with Crippen LogP contribution in [0, 0.1) is 5.82 Å². The van der Waals surface area contributed by atoms with Crippen molar-refractivity contribution in [2.24, 2.45) is 7.05 Å². The molecule has 1 amide bonds. The Morgan fingerprint density at radius 3 is 2.80 bits per heavy atom. The number of imidazole rings is 1. The molecular weight excluding hydrogens is 257 g/mol. The SMILES string of the molecule is Cn1ccnc1CC(=O)NC1(c2ccccc2F)CC1. The largest absolute Gasteiger partial charge is 0.346 e. The van der Waals surface area contributed by atoms with Gasteiger partial charge in [-0.3, -0.25) is 4.79 Å². The molecule has 3 rings (SSSR count). The average molecular weight is 273 g/mol. The second-order valence-electron chi connectivity index (χ2n) is 5.24.